The summed E-state index contributed by atoms with van der Waals surface area (Å²) in [5.41, 5.74) is 1.73. The van der Waals surface area contributed by atoms with Gasteiger partial charge in [-0.1, -0.05) is 0 Å². The van der Waals surface area contributed by atoms with Crippen molar-refractivity contribution >= 4 is 16.2 Å². The van der Waals surface area contributed by atoms with Gasteiger partial charge in [0.1, 0.15) is 0 Å². The number of piperidine rings is 1. The summed E-state index contributed by atoms with van der Waals surface area (Å²) in [5.74, 6) is -1.30. The Balaban J connectivity index is 1.94. The first-order chi connectivity index (χ1) is 9.81. The minimum Gasteiger partial charge on any atom is -0.481 e. The van der Waals surface area contributed by atoms with E-state index in [2.05, 4.69) is 9.82 Å². The molecule has 1 aliphatic rings. The first-order valence-electron chi connectivity index (χ1n) is 6.76. The van der Waals surface area contributed by atoms with E-state index in [1.165, 1.54) is 4.31 Å². The molecule has 0 spiro atoms. The van der Waals surface area contributed by atoms with Crippen molar-refractivity contribution in [3.63, 3.8) is 0 Å². The normalized spacial score (nSPS) is 18.0. The Bertz CT molecular complexity index is 617. The second kappa shape index (κ2) is 6.12. The lowest BCUT2D eigenvalue weighted by atomic mass is 9.99. The lowest BCUT2D eigenvalue weighted by molar-refractivity contribution is -0.142. The summed E-state index contributed by atoms with van der Waals surface area (Å²) >= 11 is 0. The van der Waals surface area contributed by atoms with Crippen molar-refractivity contribution in [2.24, 2.45) is 13.0 Å². The average Bonchev–Trinajstić information content (AvgIpc) is 2.77. The predicted molar refractivity (Wildman–Crippen MR) is 75.6 cm³/mol. The molecule has 1 aromatic heterocycles. The molecule has 0 bridgehead atoms. The maximum absolute atomic E-state index is 12.2. The van der Waals surface area contributed by atoms with Gasteiger partial charge in [0.25, 0.3) is 10.2 Å². The van der Waals surface area contributed by atoms with Crippen LogP contribution in [0.4, 0.5) is 0 Å². The molecule has 118 valence electrons. The SMILES string of the molecule is Cc1c(CNS(=O)(=O)N2CCC(C(=O)O)CC2)cnn1C. The van der Waals surface area contributed by atoms with E-state index in [0.29, 0.717) is 12.8 Å². The topological polar surface area (TPSA) is 105 Å². The Labute approximate surface area is 123 Å². The predicted octanol–water partition coefficient (Wildman–Crippen LogP) is -0.140. The number of carboxylic acid groups (broad SMARTS) is 1. The van der Waals surface area contributed by atoms with Gasteiger partial charge in [0.05, 0.1) is 12.1 Å². The molecule has 1 aliphatic heterocycles. The van der Waals surface area contributed by atoms with E-state index in [-0.39, 0.29) is 19.6 Å². The van der Waals surface area contributed by atoms with Gasteiger partial charge in [0, 0.05) is 37.9 Å². The fourth-order valence-electron chi connectivity index (χ4n) is 2.32. The number of carboxylic acids is 1. The third-order valence-electron chi connectivity index (χ3n) is 3.93. The molecule has 2 N–H and O–H groups in total. The molecule has 1 aromatic rings. The average molecular weight is 316 g/mol. The summed E-state index contributed by atoms with van der Waals surface area (Å²) in [6.45, 7) is 2.52. The molecule has 0 aliphatic carbocycles. The van der Waals surface area contributed by atoms with Crippen LogP contribution in [0.3, 0.4) is 0 Å². The highest BCUT2D eigenvalue weighted by molar-refractivity contribution is 7.87. The number of aromatic nitrogens is 2. The van der Waals surface area contributed by atoms with Crippen molar-refractivity contribution in [2.75, 3.05) is 13.1 Å². The van der Waals surface area contributed by atoms with E-state index in [4.69, 9.17) is 5.11 Å². The Morgan fingerprint density at radius 1 is 1.48 bits per heavy atom. The zero-order valence-electron chi connectivity index (χ0n) is 12.1. The fraction of sp³-hybridized carbons (Fsp3) is 0.667. The summed E-state index contributed by atoms with van der Waals surface area (Å²) in [6.07, 6.45) is 2.33. The summed E-state index contributed by atoms with van der Waals surface area (Å²) in [6, 6.07) is 0. The molecule has 0 unspecified atom stereocenters. The lowest BCUT2D eigenvalue weighted by Crippen LogP contribution is -2.45. The Hall–Kier alpha value is -1.45. The summed E-state index contributed by atoms with van der Waals surface area (Å²) < 4.78 is 29.9. The van der Waals surface area contributed by atoms with Gasteiger partial charge in [-0.25, -0.2) is 0 Å². The number of nitrogens with zero attached hydrogens (tertiary/aromatic N) is 3. The monoisotopic (exact) mass is 316 g/mol. The standard InChI is InChI=1S/C12H20N4O4S/c1-9-11(7-13-15(9)2)8-14-21(19,20)16-5-3-10(4-6-16)12(17)18/h7,10,14H,3-6,8H2,1-2H3,(H,17,18). The summed E-state index contributed by atoms with van der Waals surface area (Å²) in [4.78, 5) is 10.9. The number of nitrogens with one attached hydrogen (secondary N) is 1. The number of carbonyl (C=O) groups is 1. The van der Waals surface area contributed by atoms with Crippen LogP contribution in [0.1, 0.15) is 24.1 Å². The lowest BCUT2D eigenvalue weighted by Gasteiger charge is -2.29. The zero-order valence-corrected chi connectivity index (χ0v) is 12.9. The van der Waals surface area contributed by atoms with E-state index in [0.717, 1.165) is 11.3 Å². The van der Waals surface area contributed by atoms with Gasteiger partial charge in [0.15, 0.2) is 0 Å². The molecule has 0 aromatic carbocycles. The maximum atomic E-state index is 12.2. The molecular weight excluding hydrogens is 296 g/mol. The number of aryl methyl sites for hydroxylation is 1. The highest BCUT2D eigenvalue weighted by atomic mass is 32.2. The van der Waals surface area contributed by atoms with Crippen molar-refractivity contribution in [3.8, 4) is 0 Å². The number of aliphatic carboxylic acids is 1. The molecule has 1 saturated heterocycles. The number of hydrogen-bond donors (Lipinski definition) is 2. The molecule has 0 atom stereocenters. The minimum atomic E-state index is -3.58. The second-order valence-corrected chi connectivity index (χ2v) is 6.97. The molecule has 9 heteroatoms. The van der Waals surface area contributed by atoms with Gasteiger partial charge < -0.3 is 5.11 Å². The van der Waals surface area contributed by atoms with Gasteiger partial charge in [-0.15, -0.1) is 0 Å². The van der Waals surface area contributed by atoms with Gasteiger partial charge in [0.2, 0.25) is 0 Å². The van der Waals surface area contributed by atoms with Crippen LogP contribution in [0.2, 0.25) is 0 Å². The van der Waals surface area contributed by atoms with Crippen LogP contribution in [0.5, 0.6) is 0 Å². The number of hydrogen-bond acceptors (Lipinski definition) is 4. The fourth-order valence-corrected chi connectivity index (χ4v) is 3.53. The highest BCUT2D eigenvalue weighted by Crippen LogP contribution is 2.19. The van der Waals surface area contributed by atoms with Crippen molar-refractivity contribution in [2.45, 2.75) is 26.3 Å². The third-order valence-corrected chi connectivity index (χ3v) is 5.48. The van der Waals surface area contributed by atoms with E-state index in [9.17, 15) is 13.2 Å². The summed E-state index contributed by atoms with van der Waals surface area (Å²) in [7, 11) is -1.79. The maximum Gasteiger partial charge on any atom is 0.306 e. The molecule has 0 saturated carbocycles. The molecule has 8 nitrogen and oxygen atoms in total. The van der Waals surface area contributed by atoms with Crippen molar-refractivity contribution in [3.05, 3.63) is 17.5 Å². The Morgan fingerprint density at radius 3 is 2.57 bits per heavy atom. The first kappa shape index (κ1) is 15.9. The Kier molecular flexibility index (Phi) is 4.64. The first-order valence-corrected chi connectivity index (χ1v) is 8.20. The van der Waals surface area contributed by atoms with Crippen LogP contribution in [0.15, 0.2) is 6.20 Å². The van der Waals surface area contributed by atoms with E-state index in [1.807, 2.05) is 6.92 Å². The second-order valence-electron chi connectivity index (χ2n) is 5.22. The number of rotatable bonds is 5. The van der Waals surface area contributed by atoms with E-state index < -0.39 is 22.1 Å². The van der Waals surface area contributed by atoms with E-state index >= 15 is 0 Å². The highest BCUT2D eigenvalue weighted by Gasteiger charge is 2.30. The largest absolute Gasteiger partial charge is 0.481 e. The van der Waals surface area contributed by atoms with Crippen LogP contribution in [0.25, 0.3) is 0 Å². The zero-order chi connectivity index (χ0) is 15.6. The Morgan fingerprint density at radius 2 is 2.10 bits per heavy atom. The smallest absolute Gasteiger partial charge is 0.306 e. The minimum absolute atomic E-state index is 0.181. The molecule has 21 heavy (non-hydrogen) atoms. The quantitative estimate of drug-likeness (QED) is 0.787. The van der Waals surface area contributed by atoms with Crippen LogP contribution >= 0.6 is 0 Å². The summed E-state index contributed by atoms with van der Waals surface area (Å²) in [5, 5.41) is 13.0. The molecule has 2 rings (SSSR count). The van der Waals surface area contributed by atoms with Gasteiger partial charge in [-0.3, -0.25) is 9.48 Å². The van der Waals surface area contributed by atoms with Crippen molar-refractivity contribution in [1.29, 1.82) is 0 Å². The molecule has 1 fully saturated rings. The van der Waals surface area contributed by atoms with Gasteiger partial charge in [-0.05, 0) is 19.8 Å². The van der Waals surface area contributed by atoms with Crippen LogP contribution in [0, 0.1) is 12.8 Å². The van der Waals surface area contributed by atoms with Crippen LogP contribution in [-0.4, -0.2) is 46.7 Å². The molecular formula is C12H20N4O4S. The molecule has 2 heterocycles. The van der Waals surface area contributed by atoms with E-state index in [1.54, 1.807) is 17.9 Å². The van der Waals surface area contributed by atoms with Crippen molar-refractivity contribution in [1.82, 2.24) is 18.8 Å². The molecule has 0 radical (unpaired) electrons. The van der Waals surface area contributed by atoms with Crippen molar-refractivity contribution < 1.29 is 18.3 Å². The molecule has 0 amide bonds. The van der Waals surface area contributed by atoms with Gasteiger partial charge >= 0.3 is 5.97 Å². The third kappa shape index (κ3) is 3.60. The van der Waals surface area contributed by atoms with Crippen LogP contribution < -0.4 is 4.72 Å². The van der Waals surface area contributed by atoms with Crippen LogP contribution in [-0.2, 0) is 28.6 Å². The van der Waals surface area contributed by atoms with Gasteiger partial charge in [-0.2, -0.15) is 22.5 Å².